The van der Waals surface area contributed by atoms with Gasteiger partial charge in [-0.05, 0) is 50.1 Å². The van der Waals surface area contributed by atoms with Crippen molar-refractivity contribution < 1.29 is 18.4 Å². The van der Waals surface area contributed by atoms with Crippen molar-refractivity contribution in [2.75, 3.05) is 19.0 Å². The van der Waals surface area contributed by atoms with Crippen molar-refractivity contribution in [1.82, 2.24) is 9.80 Å². The molecule has 3 aromatic rings. The largest absolute Gasteiger partial charge is 0.464 e. The molecule has 0 unspecified atom stereocenters. The molecule has 8 heteroatoms. The maximum Gasteiger partial charge on any atom is 0.242 e. The maximum atomic E-state index is 13.6. The highest BCUT2D eigenvalue weighted by molar-refractivity contribution is 6.19. The third-order valence-corrected chi connectivity index (χ3v) is 6.73. The Morgan fingerprint density at radius 2 is 1.72 bits per heavy atom. The molecule has 0 atom stereocenters. The number of nitrogens with zero attached hydrogens (tertiary/aromatic N) is 2. The summed E-state index contributed by atoms with van der Waals surface area (Å²) < 4.78 is 19.1. The first-order chi connectivity index (χ1) is 17.2. The van der Waals surface area contributed by atoms with Crippen molar-refractivity contribution in [3.63, 3.8) is 0 Å². The zero-order chi connectivity index (χ0) is 26.3. The summed E-state index contributed by atoms with van der Waals surface area (Å²) >= 11 is 6.04. The van der Waals surface area contributed by atoms with Gasteiger partial charge in [-0.15, -0.1) is 11.6 Å². The molecule has 192 valence electrons. The minimum absolute atomic E-state index is 0.0158. The van der Waals surface area contributed by atoms with Gasteiger partial charge in [0.15, 0.2) is 5.43 Å². The Kier molecular flexibility index (Phi) is 9.26. The fraction of sp³-hybridized carbons (Fsp3) is 0.393. The molecule has 3 rings (SSSR count). The fourth-order valence-electron chi connectivity index (χ4n) is 3.83. The van der Waals surface area contributed by atoms with Gasteiger partial charge in [0.25, 0.3) is 0 Å². The van der Waals surface area contributed by atoms with Gasteiger partial charge in [-0.1, -0.05) is 37.6 Å². The molecular weight excluding hydrogens is 483 g/mol. The van der Waals surface area contributed by atoms with Crippen LogP contribution in [0, 0.1) is 11.2 Å². The van der Waals surface area contributed by atoms with Crippen molar-refractivity contribution in [2.45, 2.75) is 46.7 Å². The van der Waals surface area contributed by atoms with E-state index in [0.717, 1.165) is 12.8 Å². The van der Waals surface area contributed by atoms with E-state index >= 15 is 0 Å². The quantitative estimate of drug-likeness (QED) is 0.323. The van der Waals surface area contributed by atoms with Crippen molar-refractivity contribution in [2.24, 2.45) is 5.41 Å². The van der Waals surface area contributed by atoms with Gasteiger partial charge in [0.05, 0.1) is 35.7 Å². The lowest BCUT2D eigenvalue weighted by molar-refractivity contribution is -0.146. The first-order valence-electron chi connectivity index (χ1n) is 12.0. The Labute approximate surface area is 215 Å². The smallest absolute Gasteiger partial charge is 0.242 e. The minimum Gasteiger partial charge on any atom is -0.464 e. The van der Waals surface area contributed by atoms with E-state index in [4.69, 9.17) is 16.0 Å². The second kappa shape index (κ2) is 12.2. The second-order valence-corrected chi connectivity index (χ2v) is 9.83. The van der Waals surface area contributed by atoms with Crippen LogP contribution in [0.2, 0.25) is 0 Å². The molecule has 0 aliphatic carbocycles. The van der Waals surface area contributed by atoms with E-state index in [-0.39, 0.29) is 48.6 Å². The Bertz CT molecular complexity index is 1260. The molecule has 2 aromatic carbocycles. The van der Waals surface area contributed by atoms with Crippen LogP contribution in [0.25, 0.3) is 11.0 Å². The zero-order valence-corrected chi connectivity index (χ0v) is 21.7. The molecule has 0 saturated heterocycles. The minimum atomic E-state index is -0.823. The molecule has 0 fully saturated rings. The van der Waals surface area contributed by atoms with Crippen LogP contribution in [0.1, 0.15) is 44.7 Å². The van der Waals surface area contributed by atoms with Crippen LogP contribution in [-0.4, -0.2) is 40.6 Å². The Morgan fingerprint density at radius 1 is 1.03 bits per heavy atom. The summed E-state index contributed by atoms with van der Waals surface area (Å²) in [5, 5.41) is 0.424. The average Bonchev–Trinajstić information content (AvgIpc) is 2.88. The number of benzene rings is 2. The first kappa shape index (κ1) is 27.4. The maximum absolute atomic E-state index is 13.6. The predicted molar refractivity (Wildman–Crippen MR) is 139 cm³/mol. The van der Waals surface area contributed by atoms with E-state index in [1.807, 2.05) is 6.92 Å². The van der Waals surface area contributed by atoms with E-state index in [2.05, 4.69) is 0 Å². The number of para-hydroxylation sites is 1. The van der Waals surface area contributed by atoms with E-state index in [0.29, 0.717) is 28.6 Å². The van der Waals surface area contributed by atoms with Crippen molar-refractivity contribution in [3.05, 3.63) is 82.0 Å². The topological polar surface area (TPSA) is 70.8 Å². The lowest BCUT2D eigenvalue weighted by atomic mass is 9.94. The number of carbonyl (C=O) groups is 2. The number of amides is 2. The molecule has 0 N–H and O–H groups in total. The first-order valence-corrected chi connectivity index (χ1v) is 12.6. The van der Waals surface area contributed by atoms with Crippen LogP contribution in [0.4, 0.5) is 4.39 Å². The lowest BCUT2D eigenvalue weighted by Crippen LogP contribution is -2.48. The summed E-state index contributed by atoms with van der Waals surface area (Å²) in [4.78, 5) is 42.9. The molecule has 0 aliphatic heterocycles. The summed E-state index contributed by atoms with van der Waals surface area (Å²) in [5.74, 6) is -0.792. The molecule has 1 heterocycles. The van der Waals surface area contributed by atoms with E-state index < -0.39 is 5.41 Å². The molecule has 0 aliphatic rings. The number of hydrogen-bond acceptors (Lipinski definition) is 4. The zero-order valence-electron chi connectivity index (χ0n) is 20.9. The normalized spacial score (nSPS) is 11.5. The van der Waals surface area contributed by atoms with Crippen LogP contribution in [0.15, 0.2) is 64.0 Å². The van der Waals surface area contributed by atoms with Gasteiger partial charge < -0.3 is 14.2 Å². The van der Waals surface area contributed by atoms with Crippen LogP contribution in [-0.2, 0) is 22.7 Å². The van der Waals surface area contributed by atoms with Crippen molar-refractivity contribution >= 4 is 34.4 Å². The van der Waals surface area contributed by atoms with Crippen molar-refractivity contribution in [1.29, 1.82) is 0 Å². The molecule has 6 nitrogen and oxygen atoms in total. The standard InChI is InChI=1S/C28H32ClFN2O4/c1-4-5-14-31(27(35)28(2,3)19-29)17-25(33)32(15-20-10-12-22(30)13-11-20)16-21-18-36-24-9-7-6-8-23(24)26(21)34/h6-13,18H,4-5,14-17,19H2,1-3H3. The number of alkyl halides is 1. The number of fused-ring (bicyclic) bond motifs is 1. The van der Waals surface area contributed by atoms with Crippen molar-refractivity contribution in [3.8, 4) is 0 Å². The molecular formula is C28H32ClFN2O4. The number of halogens is 2. The summed E-state index contributed by atoms with van der Waals surface area (Å²) in [6.45, 7) is 5.91. The van der Waals surface area contributed by atoms with Gasteiger partial charge in [0.1, 0.15) is 11.4 Å². The molecule has 1 aromatic heterocycles. The average molecular weight is 515 g/mol. The highest BCUT2D eigenvalue weighted by Crippen LogP contribution is 2.22. The monoisotopic (exact) mass is 514 g/mol. The van der Waals surface area contributed by atoms with Gasteiger partial charge in [-0.3, -0.25) is 14.4 Å². The Morgan fingerprint density at radius 3 is 2.39 bits per heavy atom. The van der Waals surface area contributed by atoms with Crippen LogP contribution in [0.5, 0.6) is 0 Å². The molecule has 2 amide bonds. The van der Waals surface area contributed by atoms with Gasteiger partial charge in [0, 0.05) is 19.0 Å². The summed E-state index contributed by atoms with van der Waals surface area (Å²) in [5.41, 5.74) is 0.425. The van der Waals surface area contributed by atoms with Crippen LogP contribution >= 0.6 is 11.6 Å². The molecule has 36 heavy (non-hydrogen) atoms. The molecule has 0 radical (unpaired) electrons. The fourth-order valence-corrected chi connectivity index (χ4v) is 3.94. The highest BCUT2D eigenvalue weighted by Gasteiger charge is 2.33. The van der Waals surface area contributed by atoms with E-state index in [1.165, 1.54) is 28.2 Å². The number of unbranched alkanes of at least 4 members (excludes halogenated alkanes) is 1. The van der Waals surface area contributed by atoms with Gasteiger partial charge in [-0.25, -0.2) is 4.39 Å². The lowest BCUT2D eigenvalue weighted by Gasteiger charge is -2.32. The summed E-state index contributed by atoms with van der Waals surface area (Å²) in [6.07, 6.45) is 2.96. The number of carbonyl (C=O) groups excluding carboxylic acids is 2. The third kappa shape index (κ3) is 6.72. The Balaban J connectivity index is 1.92. The van der Waals surface area contributed by atoms with Gasteiger partial charge >= 0.3 is 0 Å². The Hall–Kier alpha value is -3.19. The number of hydrogen-bond donors (Lipinski definition) is 0. The second-order valence-electron chi connectivity index (χ2n) is 9.56. The molecule has 0 bridgehead atoms. The number of rotatable bonds is 11. The third-order valence-electron chi connectivity index (χ3n) is 6.06. The summed E-state index contributed by atoms with van der Waals surface area (Å²) in [7, 11) is 0. The molecule has 0 spiro atoms. The van der Waals surface area contributed by atoms with Gasteiger partial charge in [-0.2, -0.15) is 0 Å². The summed E-state index contributed by atoms with van der Waals surface area (Å²) in [6, 6.07) is 12.7. The molecule has 0 saturated carbocycles. The highest BCUT2D eigenvalue weighted by atomic mass is 35.5. The van der Waals surface area contributed by atoms with Crippen LogP contribution in [0.3, 0.4) is 0 Å². The van der Waals surface area contributed by atoms with E-state index in [1.54, 1.807) is 50.2 Å². The predicted octanol–water partition coefficient (Wildman–Crippen LogP) is 5.35. The van der Waals surface area contributed by atoms with Gasteiger partial charge in [0.2, 0.25) is 11.8 Å². The van der Waals surface area contributed by atoms with E-state index in [9.17, 15) is 18.8 Å². The van der Waals surface area contributed by atoms with Crippen LogP contribution < -0.4 is 5.43 Å². The SMILES string of the molecule is CCCCN(CC(=O)N(Cc1ccc(F)cc1)Cc1coc2ccccc2c1=O)C(=O)C(C)(C)CCl.